The molecule has 0 bridgehead atoms. The Kier molecular flexibility index (Phi) is 8.19. The smallest absolute Gasteiger partial charge is 0.268 e. The van der Waals surface area contributed by atoms with E-state index in [0.717, 1.165) is 21.9 Å². The first kappa shape index (κ1) is 31.1. The summed E-state index contributed by atoms with van der Waals surface area (Å²) in [6.45, 7) is 11.6. The van der Waals surface area contributed by atoms with Gasteiger partial charge in [-0.15, -0.1) is 29.7 Å². The molecular weight excluding hydrogens is 1110 g/mol. The molecule has 0 radical (unpaired) electrons. The summed E-state index contributed by atoms with van der Waals surface area (Å²) in [5.41, 5.74) is 1.32. The largest absolute Gasteiger partial charge is 0.510 e. The Balaban J connectivity index is 0.00000919. The van der Waals surface area contributed by atoms with E-state index < -0.39 is 155 Å². The maximum Gasteiger partial charge on any atom is 0.268 e. The van der Waals surface area contributed by atoms with Gasteiger partial charge in [0.15, 0.2) is 8.07 Å². The van der Waals surface area contributed by atoms with Crippen LogP contribution in [0, 0.1) is 18.5 Å². The molecule has 3 aromatic heterocycles. The molecule has 12 aromatic rings. The molecule has 0 aliphatic heterocycles. The van der Waals surface area contributed by atoms with Crippen molar-refractivity contribution in [2.75, 3.05) is 0 Å². The zero-order valence-electron chi connectivity index (χ0n) is 61.4. The van der Waals surface area contributed by atoms with Gasteiger partial charge in [-0.05, 0) is 83.1 Å². The Labute approximate surface area is 483 Å². The normalized spacial score (nSPS) is 15.8. The molecule has 0 saturated carbocycles. The Hall–Kier alpha value is -7.89. The molecule has 0 amide bonds. The summed E-state index contributed by atoms with van der Waals surface area (Å²) in [5.74, 6) is 1.16. The minimum Gasteiger partial charge on any atom is -0.510 e. The molecule has 5 nitrogen and oxygen atoms in total. The molecule has 0 N–H and O–H groups in total. The Morgan fingerprint density at radius 1 is 0.560 bits per heavy atom. The topological polar surface area (TPSA) is 35.9 Å². The molecule has 75 heavy (non-hydrogen) atoms. The standard InChI is InChI=1S/C68H56N4OSi.Pt/c1-67(2,3)49-40-41-69-65(44-49)72-60-35-20-19-34-57(60)58-39-38-53(46-63(58)72)73-52-27-23-26-51(45-52)70-47-71(62-37-22-21-36-61(62)70)66-59(48-24-11-7-12-25-48)42-50(68(4,5)6)43-64(66)74(54-28-13-8-14-29-54,55-30-15-9-16-31-55)56-32-17-10-18-33-56;/h7-44H,1-6H3;/q-2;/i7D,8D,9D,10D,11D,12D,13D,14D,15D,16D,17D,18D,24D,25D,28D,29D,30D,31D,32D,33D;. The fourth-order valence-corrected chi connectivity index (χ4v) is 13.6. The molecule has 0 aliphatic rings. The number of aromatic nitrogens is 4. The average Bonchev–Trinajstić information content (AvgIpc) is 0.794. The second kappa shape index (κ2) is 19.8. The number of hydrogen-bond acceptors (Lipinski definition) is 2. The van der Waals surface area contributed by atoms with Gasteiger partial charge in [0.25, 0.3) is 6.33 Å². The summed E-state index contributed by atoms with van der Waals surface area (Å²) in [6, 6.07) is 18.5. The number of ether oxygens (including phenoxy) is 1. The van der Waals surface area contributed by atoms with Gasteiger partial charge in [-0.3, -0.25) is 4.57 Å². The van der Waals surface area contributed by atoms with Crippen LogP contribution in [0.25, 0.3) is 61.2 Å². The number of imidazole rings is 1. The van der Waals surface area contributed by atoms with Crippen molar-refractivity contribution < 1.29 is 57.8 Å². The van der Waals surface area contributed by atoms with Crippen molar-refractivity contribution >= 4 is 61.7 Å². The second-order valence-electron chi connectivity index (χ2n) is 19.8. The van der Waals surface area contributed by atoms with Crippen LogP contribution in [0.4, 0.5) is 0 Å². The first-order valence-electron chi connectivity index (χ1n) is 33.8. The van der Waals surface area contributed by atoms with Crippen LogP contribution in [0.5, 0.6) is 11.5 Å². The molecule has 0 atom stereocenters. The van der Waals surface area contributed by atoms with Gasteiger partial charge in [0.2, 0.25) is 0 Å². The van der Waals surface area contributed by atoms with Crippen LogP contribution < -0.4 is 30.1 Å². The van der Waals surface area contributed by atoms with E-state index in [1.807, 2.05) is 47.0 Å². The fraction of sp³-hybridized carbons (Fsp3) is 0.118. The van der Waals surface area contributed by atoms with Crippen LogP contribution in [0.1, 0.15) is 80.1 Å². The predicted molar refractivity (Wildman–Crippen MR) is 306 cm³/mol. The zero-order chi connectivity index (χ0) is 68.0. The summed E-state index contributed by atoms with van der Waals surface area (Å²) < 4.78 is 201. The monoisotopic (exact) mass is 1190 g/mol. The van der Waals surface area contributed by atoms with Crippen molar-refractivity contribution in [2.45, 2.75) is 52.4 Å². The van der Waals surface area contributed by atoms with E-state index in [-0.39, 0.29) is 65.4 Å². The van der Waals surface area contributed by atoms with Crippen LogP contribution in [0.15, 0.2) is 230 Å². The molecule has 370 valence electrons. The van der Waals surface area contributed by atoms with Gasteiger partial charge in [-0.25, -0.2) is 4.98 Å². The Morgan fingerprint density at radius 3 is 1.79 bits per heavy atom. The molecule has 9 aromatic carbocycles. The Bertz CT molecular complexity index is 4970. The van der Waals surface area contributed by atoms with Gasteiger partial charge in [0.05, 0.1) is 44.1 Å². The first-order valence-corrected chi connectivity index (χ1v) is 25.8. The molecule has 7 heteroatoms. The van der Waals surface area contributed by atoms with Crippen molar-refractivity contribution in [3.8, 4) is 39.8 Å². The zero-order valence-corrected chi connectivity index (χ0v) is 44.7. The van der Waals surface area contributed by atoms with E-state index in [2.05, 4.69) is 39.2 Å². The molecule has 0 saturated heterocycles. The average molecular weight is 1190 g/mol. The Morgan fingerprint density at radius 2 is 1.15 bits per heavy atom. The maximum atomic E-state index is 10.0. The van der Waals surface area contributed by atoms with Gasteiger partial charge in [0, 0.05) is 44.3 Å². The number of para-hydroxylation sites is 3. The van der Waals surface area contributed by atoms with Gasteiger partial charge in [0.1, 0.15) is 5.82 Å². The number of rotatable bonds is 10. The van der Waals surface area contributed by atoms with E-state index in [0.29, 0.717) is 22.6 Å². The third kappa shape index (κ3) is 8.86. The van der Waals surface area contributed by atoms with Gasteiger partial charge < -0.3 is 13.9 Å². The van der Waals surface area contributed by atoms with E-state index in [4.69, 9.17) is 17.9 Å². The molecule has 0 unspecified atom stereocenters. The van der Waals surface area contributed by atoms with Crippen molar-refractivity contribution in [1.82, 2.24) is 14.1 Å². The second-order valence-corrected chi connectivity index (χ2v) is 23.3. The van der Waals surface area contributed by atoms with Gasteiger partial charge in [-0.1, -0.05) is 223 Å². The number of benzene rings is 9. The molecule has 0 fully saturated rings. The van der Waals surface area contributed by atoms with E-state index in [9.17, 15) is 19.2 Å². The van der Waals surface area contributed by atoms with Crippen LogP contribution in [0.3, 0.4) is 0 Å². The van der Waals surface area contributed by atoms with Crippen molar-refractivity contribution in [3.05, 3.63) is 260 Å². The summed E-state index contributed by atoms with van der Waals surface area (Å²) in [7, 11) is -6.11. The number of hydrogen-bond donors (Lipinski definition) is 0. The minimum atomic E-state index is -6.11. The number of pyridine rings is 1. The van der Waals surface area contributed by atoms with E-state index in [1.54, 1.807) is 80.1 Å². The van der Waals surface area contributed by atoms with Crippen LogP contribution in [-0.4, -0.2) is 22.2 Å². The maximum absolute atomic E-state index is 10.0. The van der Waals surface area contributed by atoms with Crippen LogP contribution in [0.2, 0.25) is 0 Å². The quantitative estimate of drug-likeness (QED) is 0.0592. The molecule has 0 aliphatic carbocycles. The molecule has 3 heterocycles. The fourth-order valence-electron chi connectivity index (χ4n) is 9.59. The van der Waals surface area contributed by atoms with Gasteiger partial charge in [-0.2, -0.15) is 18.2 Å². The van der Waals surface area contributed by atoms with Gasteiger partial charge >= 0.3 is 0 Å². The summed E-state index contributed by atoms with van der Waals surface area (Å²) in [6.07, 6.45) is 5.17. The third-order valence-electron chi connectivity index (χ3n) is 13.2. The summed E-state index contributed by atoms with van der Waals surface area (Å²) in [4.78, 5) is 4.81. The minimum absolute atomic E-state index is 0. The van der Waals surface area contributed by atoms with Crippen molar-refractivity contribution in [1.29, 1.82) is 0 Å². The van der Waals surface area contributed by atoms with E-state index >= 15 is 0 Å². The molecule has 12 rings (SSSR count). The van der Waals surface area contributed by atoms with Crippen LogP contribution >= 0.6 is 0 Å². The number of nitrogens with zero attached hydrogens (tertiary/aromatic N) is 4. The molecule has 0 spiro atoms. The number of fused-ring (bicyclic) bond motifs is 4. The summed E-state index contributed by atoms with van der Waals surface area (Å²) >= 11 is 0. The van der Waals surface area contributed by atoms with Crippen LogP contribution in [-0.2, 0) is 31.9 Å². The van der Waals surface area contributed by atoms with Crippen molar-refractivity contribution in [2.24, 2.45) is 0 Å². The SMILES string of the molecule is [2H]c1c([2H])c([2H])c(-c2cc(C(C)(C)C)cc([Si](c3c([2H])c([2H])c([2H])c([2H])c3[2H])(c3c([2H])c([2H])c([2H])c([2H])c3[2H])c3c([2H])c([2H])c([2H])c([2H])c3[2H])c2-[n+]2[c-]n(-c3[c-]c(Oc4[c-]c5c(cc4)c4ccccc4n5-c4cc(C(C)(C)C)ccn4)ccc3)c3ccccc32)c([2H])c1[2H].[Pt]. The first-order chi connectivity index (χ1) is 44.2. The third-order valence-corrected chi connectivity index (χ3v) is 17.4. The van der Waals surface area contributed by atoms with Crippen molar-refractivity contribution in [3.63, 3.8) is 0 Å². The predicted octanol–water partition coefficient (Wildman–Crippen LogP) is 13.2. The van der Waals surface area contributed by atoms with E-state index in [1.165, 1.54) is 16.7 Å². The summed E-state index contributed by atoms with van der Waals surface area (Å²) in [5, 5.41) is -0.934. The molecular formula is C68H56N4OPtSi-2.